The average molecular weight is 502 g/mol. The summed E-state index contributed by atoms with van der Waals surface area (Å²) in [4.78, 5) is 13.8. The fourth-order valence-electron chi connectivity index (χ4n) is 4.24. The standard InChI is InChI=1S/C26H26F3N3O2S/c1-4-5-14-35-24-19(15-30)23(17-10-6-8-12-20(17)26(27,28)29)22(16(2)32(24)25(31)33)18-11-7-9-13-21(18)34-3/h6-13,23H,4-5,14H2,1-3H3,(H2,31,33). The van der Waals surface area contributed by atoms with E-state index < -0.39 is 23.7 Å². The number of allylic oxidation sites excluding steroid dienone is 3. The highest BCUT2D eigenvalue weighted by atomic mass is 32.2. The summed E-state index contributed by atoms with van der Waals surface area (Å²) in [5, 5.41) is 10.5. The van der Waals surface area contributed by atoms with Crippen molar-refractivity contribution in [3.63, 3.8) is 0 Å². The molecule has 2 amide bonds. The van der Waals surface area contributed by atoms with Crippen LogP contribution in [0, 0.1) is 11.3 Å². The zero-order valence-electron chi connectivity index (χ0n) is 19.6. The molecule has 3 rings (SSSR count). The monoisotopic (exact) mass is 501 g/mol. The minimum Gasteiger partial charge on any atom is -0.496 e. The number of unbranched alkanes of at least 4 members (excludes halogenated alkanes) is 1. The molecule has 1 heterocycles. The number of nitrogens with two attached hydrogens (primary N) is 1. The summed E-state index contributed by atoms with van der Waals surface area (Å²) >= 11 is 1.25. The number of carbonyl (C=O) groups is 1. The molecular weight excluding hydrogens is 475 g/mol. The van der Waals surface area contributed by atoms with E-state index in [1.54, 1.807) is 31.2 Å². The number of carbonyl (C=O) groups excluding carboxylic acids is 1. The molecule has 0 radical (unpaired) electrons. The Labute approximate surface area is 207 Å². The van der Waals surface area contributed by atoms with Crippen molar-refractivity contribution in [1.82, 2.24) is 4.90 Å². The summed E-state index contributed by atoms with van der Waals surface area (Å²) in [6.07, 6.45) is -2.97. The van der Waals surface area contributed by atoms with Gasteiger partial charge in [0.1, 0.15) is 5.75 Å². The van der Waals surface area contributed by atoms with E-state index >= 15 is 0 Å². The highest BCUT2D eigenvalue weighted by molar-refractivity contribution is 8.03. The van der Waals surface area contributed by atoms with Gasteiger partial charge in [-0.25, -0.2) is 4.79 Å². The number of para-hydroxylation sites is 1. The molecule has 9 heteroatoms. The number of methoxy groups -OCH3 is 1. The maximum absolute atomic E-state index is 14.1. The number of thioether (sulfide) groups is 1. The Hall–Kier alpha value is -3.38. The van der Waals surface area contributed by atoms with Gasteiger partial charge in [0.05, 0.1) is 29.3 Å². The molecule has 0 bridgehead atoms. The molecule has 0 aromatic heterocycles. The van der Waals surface area contributed by atoms with E-state index in [4.69, 9.17) is 10.5 Å². The molecule has 1 atom stereocenters. The highest BCUT2D eigenvalue weighted by Gasteiger charge is 2.42. The first-order valence-corrected chi connectivity index (χ1v) is 12.0. The molecule has 5 nitrogen and oxygen atoms in total. The van der Waals surface area contributed by atoms with Crippen LogP contribution < -0.4 is 10.5 Å². The van der Waals surface area contributed by atoms with Crippen LogP contribution in [0.15, 0.2) is 64.8 Å². The number of halogens is 3. The van der Waals surface area contributed by atoms with Crippen molar-refractivity contribution in [3.05, 3.63) is 81.5 Å². The lowest BCUT2D eigenvalue weighted by molar-refractivity contribution is -0.138. The summed E-state index contributed by atoms with van der Waals surface area (Å²) in [5.41, 5.74) is 6.05. The average Bonchev–Trinajstić information content (AvgIpc) is 2.83. The molecule has 2 aromatic rings. The van der Waals surface area contributed by atoms with Gasteiger partial charge in [0.2, 0.25) is 0 Å². The van der Waals surface area contributed by atoms with Gasteiger partial charge in [0.15, 0.2) is 0 Å². The van der Waals surface area contributed by atoms with Gasteiger partial charge < -0.3 is 10.5 Å². The number of urea groups is 1. The number of hydrogen-bond acceptors (Lipinski definition) is 4. The van der Waals surface area contributed by atoms with Crippen molar-refractivity contribution in [2.45, 2.75) is 38.8 Å². The summed E-state index contributed by atoms with van der Waals surface area (Å²) in [6, 6.07) is 13.3. The molecule has 2 aromatic carbocycles. The Morgan fingerprint density at radius 1 is 1.20 bits per heavy atom. The Balaban J connectivity index is 2.43. The van der Waals surface area contributed by atoms with Gasteiger partial charge in [-0.15, -0.1) is 11.8 Å². The first kappa shape index (κ1) is 26.2. The second-order valence-electron chi connectivity index (χ2n) is 7.92. The lowest BCUT2D eigenvalue weighted by Gasteiger charge is -2.37. The molecule has 1 aliphatic rings. The molecule has 0 saturated heterocycles. The number of ether oxygens (including phenoxy) is 1. The van der Waals surface area contributed by atoms with Crippen molar-refractivity contribution in [1.29, 1.82) is 5.26 Å². The van der Waals surface area contributed by atoms with E-state index in [0.717, 1.165) is 18.9 Å². The third-order valence-electron chi connectivity index (χ3n) is 5.79. The Kier molecular flexibility index (Phi) is 8.18. The van der Waals surface area contributed by atoms with E-state index in [-0.39, 0.29) is 16.2 Å². The van der Waals surface area contributed by atoms with Crippen molar-refractivity contribution in [2.75, 3.05) is 12.9 Å². The van der Waals surface area contributed by atoms with Crippen molar-refractivity contribution in [2.24, 2.45) is 5.73 Å². The lowest BCUT2D eigenvalue weighted by atomic mass is 9.77. The number of amides is 2. The van der Waals surface area contributed by atoms with Gasteiger partial charge in [0.25, 0.3) is 0 Å². The first-order valence-electron chi connectivity index (χ1n) is 11.0. The molecule has 2 N–H and O–H groups in total. The van der Waals surface area contributed by atoms with Crippen molar-refractivity contribution in [3.8, 4) is 11.8 Å². The molecule has 0 saturated carbocycles. The van der Waals surface area contributed by atoms with Gasteiger partial charge in [-0.05, 0) is 42.4 Å². The number of nitriles is 1. The quantitative estimate of drug-likeness (QED) is 0.419. The minimum atomic E-state index is -4.65. The van der Waals surface area contributed by atoms with Gasteiger partial charge in [0, 0.05) is 17.2 Å². The predicted octanol–water partition coefficient (Wildman–Crippen LogP) is 6.89. The summed E-state index contributed by atoms with van der Waals surface area (Å²) in [6.45, 7) is 3.63. The van der Waals surface area contributed by atoms with E-state index in [9.17, 15) is 23.2 Å². The maximum atomic E-state index is 14.1. The Morgan fingerprint density at radius 3 is 2.46 bits per heavy atom. The van der Waals surface area contributed by atoms with E-state index in [1.807, 2.05) is 6.92 Å². The van der Waals surface area contributed by atoms with Crippen molar-refractivity contribution < 1.29 is 22.7 Å². The normalized spacial score (nSPS) is 16.4. The van der Waals surface area contributed by atoms with E-state index in [1.165, 1.54) is 42.0 Å². The predicted molar refractivity (Wildman–Crippen MR) is 131 cm³/mol. The van der Waals surface area contributed by atoms with Crippen LogP contribution in [-0.2, 0) is 6.18 Å². The largest absolute Gasteiger partial charge is 0.496 e. The molecular formula is C26H26F3N3O2S. The SMILES string of the molecule is CCCCSC1=C(C#N)C(c2ccccc2C(F)(F)F)C(c2ccccc2OC)=C(C)N1C(N)=O. The summed E-state index contributed by atoms with van der Waals surface area (Å²) in [5.74, 6) is -0.111. The van der Waals surface area contributed by atoms with Gasteiger partial charge in [-0.3, -0.25) is 4.90 Å². The number of hydrogen-bond donors (Lipinski definition) is 1. The molecule has 0 aliphatic carbocycles. The van der Waals surface area contributed by atoms with Gasteiger partial charge >= 0.3 is 12.2 Å². The van der Waals surface area contributed by atoms with Gasteiger partial charge in [-0.2, -0.15) is 18.4 Å². The topological polar surface area (TPSA) is 79.3 Å². The molecule has 0 spiro atoms. The second kappa shape index (κ2) is 10.9. The zero-order chi connectivity index (χ0) is 25.8. The maximum Gasteiger partial charge on any atom is 0.416 e. The van der Waals surface area contributed by atoms with Crippen molar-refractivity contribution >= 4 is 23.4 Å². The van der Waals surface area contributed by atoms with Crippen LogP contribution in [-0.4, -0.2) is 23.8 Å². The van der Waals surface area contributed by atoms with Crippen LogP contribution in [0.1, 0.15) is 49.3 Å². The number of alkyl halides is 3. The molecule has 35 heavy (non-hydrogen) atoms. The lowest BCUT2D eigenvalue weighted by Crippen LogP contribution is -2.37. The fourth-order valence-corrected chi connectivity index (χ4v) is 5.54. The molecule has 1 unspecified atom stereocenters. The van der Waals surface area contributed by atoms with Crippen LogP contribution in [0.25, 0.3) is 5.57 Å². The third-order valence-corrected chi connectivity index (χ3v) is 6.96. The van der Waals surface area contributed by atoms with Gasteiger partial charge in [-0.1, -0.05) is 49.7 Å². The number of primary amides is 1. The van der Waals surface area contributed by atoms with Crippen LogP contribution in [0.5, 0.6) is 5.75 Å². The summed E-state index contributed by atoms with van der Waals surface area (Å²) in [7, 11) is 1.45. The van der Waals surface area contributed by atoms with E-state index in [2.05, 4.69) is 6.07 Å². The third kappa shape index (κ3) is 5.17. The number of benzene rings is 2. The highest BCUT2D eigenvalue weighted by Crippen LogP contribution is 2.52. The molecule has 0 fully saturated rings. The zero-order valence-corrected chi connectivity index (χ0v) is 20.5. The Morgan fingerprint density at radius 2 is 1.86 bits per heavy atom. The minimum absolute atomic E-state index is 0.0353. The molecule has 1 aliphatic heterocycles. The summed E-state index contributed by atoms with van der Waals surface area (Å²) < 4.78 is 47.9. The Bertz CT molecular complexity index is 1210. The number of nitrogens with zero attached hydrogens (tertiary/aromatic N) is 2. The van der Waals surface area contributed by atoms with Crippen LogP contribution >= 0.6 is 11.8 Å². The van der Waals surface area contributed by atoms with Crippen LogP contribution in [0.2, 0.25) is 0 Å². The second-order valence-corrected chi connectivity index (χ2v) is 9.01. The smallest absolute Gasteiger partial charge is 0.416 e. The number of rotatable bonds is 7. The first-order chi connectivity index (χ1) is 16.7. The van der Waals surface area contributed by atoms with Crippen LogP contribution in [0.4, 0.5) is 18.0 Å². The van der Waals surface area contributed by atoms with Crippen LogP contribution in [0.3, 0.4) is 0 Å². The fraction of sp³-hybridized carbons (Fsp3) is 0.308. The van der Waals surface area contributed by atoms with E-state index in [0.29, 0.717) is 28.3 Å². The molecule has 184 valence electrons.